The monoisotopic (exact) mass is 357 g/mol. The van der Waals surface area contributed by atoms with Gasteiger partial charge in [-0.2, -0.15) is 0 Å². The zero-order valence-electron chi connectivity index (χ0n) is 13.6. The van der Waals surface area contributed by atoms with E-state index in [0.717, 1.165) is 12.1 Å². The van der Waals surface area contributed by atoms with E-state index in [1.165, 1.54) is 18.7 Å². The molecule has 3 nitrogen and oxygen atoms in total. The van der Waals surface area contributed by atoms with Gasteiger partial charge in [0.05, 0.1) is 18.7 Å². The van der Waals surface area contributed by atoms with Gasteiger partial charge >= 0.3 is 5.97 Å². The lowest BCUT2D eigenvalue weighted by molar-refractivity contribution is 0.0600. The first-order valence-electron chi connectivity index (χ1n) is 8.19. The van der Waals surface area contributed by atoms with Crippen molar-refractivity contribution in [2.45, 2.75) is 18.4 Å². The van der Waals surface area contributed by atoms with Crippen LogP contribution < -0.4 is 5.32 Å². The van der Waals surface area contributed by atoms with Crippen molar-refractivity contribution >= 4 is 23.3 Å². The van der Waals surface area contributed by atoms with Crippen molar-refractivity contribution in [1.82, 2.24) is 0 Å². The molecule has 2 aromatic rings. The van der Waals surface area contributed by atoms with Gasteiger partial charge in [-0.3, -0.25) is 0 Å². The lowest BCUT2D eigenvalue weighted by Gasteiger charge is -2.37. The number of benzene rings is 2. The Balaban J connectivity index is 1.75. The van der Waals surface area contributed by atoms with Gasteiger partial charge in [0.15, 0.2) is 0 Å². The summed E-state index contributed by atoms with van der Waals surface area (Å²) in [5.41, 5.74) is 2.92. The van der Waals surface area contributed by atoms with Crippen molar-refractivity contribution < 1.29 is 13.9 Å². The van der Waals surface area contributed by atoms with Crippen LogP contribution in [0.5, 0.6) is 0 Å². The fourth-order valence-electron chi connectivity index (χ4n) is 3.90. The molecule has 128 valence electrons. The summed E-state index contributed by atoms with van der Waals surface area (Å²) < 4.78 is 19.4. The second kappa shape index (κ2) is 6.19. The molecule has 1 aliphatic heterocycles. The van der Waals surface area contributed by atoms with E-state index in [2.05, 4.69) is 22.2 Å². The van der Waals surface area contributed by atoms with Crippen LogP contribution in [0.3, 0.4) is 0 Å². The summed E-state index contributed by atoms with van der Waals surface area (Å²) in [7, 11) is 1.28. The molecule has 0 amide bonds. The Morgan fingerprint density at radius 2 is 2.08 bits per heavy atom. The Morgan fingerprint density at radius 3 is 2.84 bits per heavy atom. The van der Waals surface area contributed by atoms with E-state index in [9.17, 15) is 9.18 Å². The van der Waals surface area contributed by atoms with Gasteiger partial charge in [-0.1, -0.05) is 29.8 Å². The van der Waals surface area contributed by atoms with E-state index >= 15 is 0 Å². The third kappa shape index (κ3) is 2.71. The molecule has 4 rings (SSSR count). The van der Waals surface area contributed by atoms with Crippen LogP contribution in [0, 0.1) is 11.7 Å². The van der Waals surface area contributed by atoms with Crippen LogP contribution in [0.1, 0.15) is 39.9 Å². The van der Waals surface area contributed by atoms with Crippen LogP contribution in [-0.2, 0) is 4.74 Å². The third-order valence-electron chi connectivity index (χ3n) is 5.08. The predicted molar refractivity (Wildman–Crippen MR) is 95.5 cm³/mol. The van der Waals surface area contributed by atoms with Crippen molar-refractivity contribution in [2.75, 3.05) is 12.4 Å². The minimum Gasteiger partial charge on any atom is -0.465 e. The Morgan fingerprint density at radius 1 is 1.24 bits per heavy atom. The predicted octanol–water partition coefficient (Wildman–Crippen LogP) is 5.09. The summed E-state index contributed by atoms with van der Waals surface area (Å²) in [4.78, 5) is 11.6. The molecule has 0 fully saturated rings. The molecule has 1 N–H and O–H groups in total. The minimum atomic E-state index is -0.541. The van der Waals surface area contributed by atoms with Crippen molar-refractivity contribution in [3.8, 4) is 0 Å². The smallest absolute Gasteiger partial charge is 0.337 e. The van der Waals surface area contributed by atoms with Gasteiger partial charge in [0.2, 0.25) is 0 Å². The summed E-state index contributed by atoms with van der Waals surface area (Å²) in [6, 6.07) is 10.1. The highest BCUT2D eigenvalue weighted by atomic mass is 35.5. The molecule has 5 heteroatoms. The summed E-state index contributed by atoms with van der Waals surface area (Å²) in [6.45, 7) is 0. The number of rotatable bonds is 2. The first-order valence-corrected chi connectivity index (χ1v) is 8.56. The molecule has 0 spiro atoms. The lowest BCUT2D eigenvalue weighted by Crippen LogP contribution is -2.29. The average molecular weight is 358 g/mol. The number of carbonyl (C=O) groups excluding carboxylic acids is 1. The van der Waals surface area contributed by atoms with Crippen LogP contribution in [0.2, 0.25) is 5.02 Å². The molecule has 25 heavy (non-hydrogen) atoms. The normalized spacial score (nSPS) is 23.6. The number of ether oxygens (including phenoxy) is 1. The Kier molecular flexibility index (Phi) is 4.00. The largest absolute Gasteiger partial charge is 0.465 e. The molecule has 2 aromatic carbocycles. The zero-order chi connectivity index (χ0) is 17.6. The summed E-state index contributed by atoms with van der Waals surface area (Å²) in [6.07, 6.45) is 5.19. The van der Waals surface area contributed by atoms with E-state index in [-0.39, 0.29) is 23.4 Å². The van der Waals surface area contributed by atoms with Crippen molar-refractivity contribution in [1.29, 1.82) is 0 Å². The molecule has 0 radical (unpaired) electrons. The number of fused-ring (bicyclic) bond motifs is 3. The maximum atomic E-state index is 14.7. The number of hydrogen-bond donors (Lipinski definition) is 1. The summed E-state index contributed by atoms with van der Waals surface area (Å²) >= 11 is 6.15. The quantitative estimate of drug-likeness (QED) is 0.600. The Labute approximate surface area is 150 Å². The van der Waals surface area contributed by atoms with Crippen LogP contribution >= 0.6 is 11.6 Å². The topological polar surface area (TPSA) is 38.3 Å². The van der Waals surface area contributed by atoms with E-state index in [1.807, 2.05) is 18.2 Å². The van der Waals surface area contributed by atoms with Gasteiger partial charge in [-0.15, -0.1) is 0 Å². The fourth-order valence-corrected chi connectivity index (χ4v) is 4.08. The molecular weight excluding hydrogens is 341 g/mol. The highest BCUT2D eigenvalue weighted by molar-refractivity contribution is 6.30. The van der Waals surface area contributed by atoms with Crippen LogP contribution in [0.4, 0.5) is 10.1 Å². The van der Waals surface area contributed by atoms with E-state index in [4.69, 9.17) is 11.6 Å². The first kappa shape index (κ1) is 16.2. The second-order valence-electron chi connectivity index (χ2n) is 6.43. The molecule has 0 unspecified atom stereocenters. The van der Waals surface area contributed by atoms with Crippen LogP contribution in [0.15, 0.2) is 48.6 Å². The molecule has 0 saturated carbocycles. The highest BCUT2D eigenvalue weighted by Gasteiger charge is 2.38. The molecule has 1 aliphatic carbocycles. The highest BCUT2D eigenvalue weighted by Crippen LogP contribution is 2.50. The van der Waals surface area contributed by atoms with Crippen molar-refractivity contribution in [3.05, 3.63) is 76.1 Å². The minimum absolute atomic E-state index is 0.143. The molecule has 0 bridgehead atoms. The van der Waals surface area contributed by atoms with Gasteiger partial charge in [0, 0.05) is 22.2 Å². The van der Waals surface area contributed by atoms with Crippen molar-refractivity contribution in [2.24, 2.45) is 5.92 Å². The van der Waals surface area contributed by atoms with E-state index < -0.39 is 11.8 Å². The maximum absolute atomic E-state index is 14.7. The number of anilines is 1. The Hall–Kier alpha value is -2.33. The van der Waals surface area contributed by atoms with Gasteiger partial charge in [0.1, 0.15) is 5.82 Å². The standard InChI is InChI=1S/C20H17ClFNO2/c1-25-20(24)11-5-7-15(17(22)9-11)19-14-4-2-3-13(14)16-10-12(21)6-8-18(16)23-19/h2,4-10,13-14,19,23H,3H2,1H3/t13-,14+,19-/m1/s1. The van der Waals surface area contributed by atoms with Gasteiger partial charge < -0.3 is 10.1 Å². The number of halogens is 2. The SMILES string of the molecule is COC(=O)c1ccc([C@@H]2Nc3ccc(Cl)cc3[C@@H]3CC=C[C@@H]32)c(F)c1. The number of nitrogens with one attached hydrogen (secondary N) is 1. The van der Waals surface area contributed by atoms with Crippen LogP contribution in [0.25, 0.3) is 0 Å². The summed E-state index contributed by atoms with van der Waals surface area (Å²) in [5, 5.41) is 4.16. The number of hydrogen-bond acceptors (Lipinski definition) is 3. The number of carbonyl (C=O) groups is 1. The molecule has 0 saturated heterocycles. The number of methoxy groups -OCH3 is 1. The number of esters is 1. The maximum Gasteiger partial charge on any atom is 0.337 e. The molecule has 0 aromatic heterocycles. The summed E-state index contributed by atoms with van der Waals surface area (Å²) in [5.74, 6) is -0.526. The van der Waals surface area contributed by atoms with Crippen LogP contribution in [-0.4, -0.2) is 13.1 Å². The second-order valence-corrected chi connectivity index (χ2v) is 6.87. The fraction of sp³-hybridized carbons (Fsp3) is 0.250. The molecular formula is C20H17ClFNO2. The van der Waals surface area contributed by atoms with E-state index in [0.29, 0.717) is 10.6 Å². The lowest BCUT2D eigenvalue weighted by atomic mass is 9.77. The van der Waals surface area contributed by atoms with Gasteiger partial charge in [0.25, 0.3) is 0 Å². The third-order valence-corrected chi connectivity index (χ3v) is 5.31. The van der Waals surface area contributed by atoms with Gasteiger partial charge in [-0.25, -0.2) is 9.18 Å². The Bertz CT molecular complexity index is 880. The molecule has 2 aliphatic rings. The van der Waals surface area contributed by atoms with Crippen molar-refractivity contribution in [3.63, 3.8) is 0 Å². The molecule has 3 atom stereocenters. The number of allylic oxidation sites excluding steroid dienone is 1. The zero-order valence-corrected chi connectivity index (χ0v) is 14.4. The first-order chi connectivity index (χ1) is 12.1. The van der Waals surface area contributed by atoms with E-state index in [1.54, 1.807) is 12.1 Å². The molecule has 1 heterocycles. The average Bonchev–Trinajstić information content (AvgIpc) is 3.11. The van der Waals surface area contributed by atoms with Gasteiger partial charge in [-0.05, 0) is 48.2 Å².